The quantitative estimate of drug-likeness (QED) is 0.908. The normalized spacial score (nSPS) is 10.9. The zero-order chi connectivity index (χ0) is 14.8. The lowest BCUT2D eigenvalue weighted by atomic mass is 10.0. The third-order valence-electron chi connectivity index (χ3n) is 2.52. The first-order valence-electron chi connectivity index (χ1n) is 5.48. The van der Waals surface area contributed by atoms with E-state index in [0.29, 0.717) is 11.1 Å². The number of hydrogen-bond acceptors (Lipinski definition) is 3. The second kappa shape index (κ2) is 5.13. The molecule has 0 radical (unpaired) electrons. The van der Waals surface area contributed by atoms with Gasteiger partial charge in [-0.1, -0.05) is 18.2 Å². The number of phenolic OH excluding ortho intramolecular Hbond substituents is 1. The van der Waals surface area contributed by atoms with E-state index < -0.39 is 6.36 Å². The van der Waals surface area contributed by atoms with E-state index in [-0.39, 0.29) is 17.1 Å². The molecule has 0 fully saturated rings. The van der Waals surface area contributed by atoms with Crippen LogP contribution < -0.4 is 4.74 Å². The van der Waals surface area contributed by atoms with Gasteiger partial charge in [0.25, 0.3) is 0 Å². The lowest BCUT2D eigenvalue weighted by Crippen LogP contribution is -2.17. The van der Waals surface area contributed by atoms with Crippen LogP contribution in [0.25, 0.3) is 11.1 Å². The molecule has 0 spiro atoms. The van der Waals surface area contributed by atoms with Crippen LogP contribution in [0.3, 0.4) is 0 Å². The molecule has 102 valence electrons. The van der Waals surface area contributed by atoms with Crippen LogP contribution in [0.5, 0.6) is 11.5 Å². The largest absolute Gasteiger partial charge is 0.573 e. The number of nitriles is 1. The molecule has 20 heavy (non-hydrogen) atoms. The Morgan fingerprint density at radius 2 is 1.75 bits per heavy atom. The Bertz CT molecular complexity index is 675. The van der Waals surface area contributed by atoms with Crippen molar-refractivity contribution >= 4 is 0 Å². The molecule has 2 aromatic carbocycles. The van der Waals surface area contributed by atoms with Crippen molar-refractivity contribution in [2.75, 3.05) is 0 Å². The van der Waals surface area contributed by atoms with Crippen molar-refractivity contribution < 1.29 is 23.0 Å². The van der Waals surface area contributed by atoms with Crippen molar-refractivity contribution in [2.45, 2.75) is 6.36 Å². The first-order chi connectivity index (χ1) is 9.39. The van der Waals surface area contributed by atoms with Crippen molar-refractivity contribution in [3.8, 4) is 28.7 Å². The molecular formula is C14H8F3NO2. The van der Waals surface area contributed by atoms with E-state index in [9.17, 15) is 18.3 Å². The Morgan fingerprint density at radius 1 is 1.05 bits per heavy atom. The third-order valence-corrected chi connectivity index (χ3v) is 2.52. The smallest absolute Gasteiger partial charge is 0.507 e. The SMILES string of the molecule is N#Cc1cc(-c2cccc(OC(F)(F)F)c2)ccc1O. The predicted molar refractivity (Wildman–Crippen MR) is 64.9 cm³/mol. The number of aromatic hydroxyl groups is 1. The topological polar surface area (TPSA) is 53.2 Å². The Labute approximate surface area is 112 Å². The summed E-state index contributed by atoms with van der Waals surface area (Å²) < 4.78 is 40.3. The van der Waals surface area contributed by atoms with E-state index in [1.807, 2.05) is 0 Å². The van der Waals surface area contributed by atoms with Gasteiger partial charge in [-0.3, -0.25) is 0 Å². The van der Waals surface area contributed by atoms with Crippen molar-refractivity contribution in [3.63, 3.8) is 0 Å². The molecule has 0 bridgehead atoms. The van der Waals surface area contributed by atoms with E-state index in [1.165, 1.54) is 36.4 Å². The van der Waals surface area contributed by atoms with Crippen LogP contribution in [-0.2, 0) is 0 Å². The Balaban J connectivity index is 2.39. The van der Waals surface area contributed by atoms with Gasteiger partial charge in [-0.25, -0.2) is 0 Å². The summed E-state index contributed by atoms with van der Waals surface area (Å²) in [7, 11) is 0. The van der Waals surface area contributed by atoms with Crippen LogP contribution >= 0.6 is 0 Å². The molecule has 0 aliphatic rings. The van der Waals surface area contributed by atoms with Gasteiger partial charge >= 0.3 is 6.36 Å². The van der Waals surface area contributed by atoms with Crippen molar-refractivity contribution in [1.82, 2.24) is 0 Å². The minimum Gasteiger partial charge on any atom is -0.507 e. The van der Waals surface area contributed by atoms with Gasteiger partial charge < -0.3 is 9.84 Å². The summed E-state index contributed by atoms with van der Waals surface area (Å²) in [5.41, 5.74) is 1.000. The van der Waals surface area contributed by atoms with E-state index in [0.717, 1.165) is 0 Å². The lowest BCUT2D eigenvalue weighted by Gasteiger charge is -2.10. The predicted octanol–water partition coefficient (Wildman–Crippen LogP) is 3.83. The second-order valence-corrected chi connectivity index (χ2v) is 3.92. The number of benzene rings is 2. The highest BCUT2D eigenvalue weighted by molar-refractivity contribution is 5.68. The van der Waals surface area contributed by atoms with Gasteiger partial charge in [0.2, 0.25) is 0 Å². The summed E-state index contributed by atoms with van der Waals surface area (Å²) >= 11 is 0. The fourth-order valence-corrected chi connectivity index (χ4v) is 1.68. The Kier molecular flexibility index (Phi) is 3.53. The lowest BCUT2D eigenvalue weighted by molar-refractivity contribution is -0.274. The van der Waals surface area contributed by atoms with Gasteiger partial charge in [0.05, 0.1) is 5.56 Å². The number of halogens is 3. The molecule has 0 heterocycles. The highest BCUT2D eigenvalue weighted by Crippen LogP contribution is 2.30. The van der Waals surface area contributed by atoms with E-state index in [1.54, 1.807) is 12.1 Å². The molecule has 3 nitrogen and oxygen atoms in total. The molecule has 6 heteroatoms. The monoisotopic (exact) mass is 279 g/mol. The maximum absolute atomic E-state index is 12.1. The molecule has 0 atom stereocenters. The first-order valence-corrected chi connectivity index (χ1v) is 5.48. The van der Waals surface area contributed by atoms with Crippen LogP contribution in [0.4, 0.5) is 13.2 Å². The van der Waals surface area contributed by atoms with Crippen molar-refractivity contribution in [3.05, 3.63) is 48.0 Å². The number of rotatable bonds is 2. The molecular weight excluding hydrogens is 271 g/mol. The summed E-state index contributed by atoms with van der Waals surface area (Å²) in [6, 6.07) is 11.4. The maximum atomic E-state index is 12.1. The summed E-state index contributed by atoms with van der Waals surface area (Å²) in [4.78, 5) is 0. The molecule has 0 saturated carbocycles. The summed E-state index contributed by atoms with van der Waals surface area (Å²) in [5, 5.41) is 18.2. The fourth-order valence-electron chi connectivity index (χ4n) is 1.68. The van der Waals surface area contributed by atoms with Crippen LogP contribution in [0.1, 0.15) is 5.56 Å². The van der Waals surface area contributed by atoms with Crippen LogP contribution in [0, 0.1) is 11.3 Å². The summed E-state index contributed by atoms with van der Waals surface area (Å²) in [5.74, 6) is -0.527. The molecule has 0 aliphatic heterocycles. The second-order valence-electron chi connectivity index (χ2n) is 3.92. The van der Waals surface area contributed by atoms with Gasteiger partial charge in [-0.05, 0) is 35.4 Å². The third kappa shape index (κ3) is 3.20. The number of ether oxygens (including phenoxy) is 1. The van der Waals surface area contributed by atoms with Gasteiger partial charge in [0.15, 0.2) is 0 Å². The average Bonchev–Trinajstić information content (AvgIpc) is 2.37. The molecule has 2 rings (SSSR count). The molecule has 1 N–H and O–H groups in total. The first kappa shape index (κ1) is 13.7. The molecule has 0 saturated heterocycles. The van der Waals surface area contributed by atoms with Gasteiger partial charge in [-0.2, -0.15) is 5.26 Å². The number of phenols is 1. The maximum Gasteiger partial charge on any atom is 0.573 e. The van der Waals surface area contributed by atoms with Crippen molar-refractivity contribution in [1.29, 1.82) is 5.26 Å². The highest BCUT2D eigenvalue weighted by atomic mass is 19.4. The van der Waals surface area contributed by atoms with Gasteiger partial charge in [-0.15, -0.1) is 13.2 Å². The van der Waals surface area contributed by atoms with Crippen molar-refractivity contribution in [2.24, 2.45) is 0 Å². The van der Waals surface area contributed by atoms with Gasteiger partial charge in [0, 0.05) is 0 Å². The van der Waals surface area contributed by atoms with E-state index >= 15 is 0 Å². The van der Waals surface area contributed by atoms with Crippen LogP contribution in [-0.4, -0.2) is 11.5 Å². The number of nitrogens with zero attached hydrogens (tertiary/aromatic N) is 1. The molecule has 2 aromatic rings. The number of alkyl halides is 3. The zero-order valence-corrected chi connectivity index (χ0v) is 9.98. The zero-order valence-electron chi connectivity index (χ0n) is 9.98. The van der Waals surface area contributed by atoms with Crippen LogP contribution in [0.2, 0.25) is 0 Å². The molecule has 0 aromatic heterocycles. The Morgan fingerprint density at radius 3 is 2.40 bits per heavy atom. The van der Waals surface area contributed by atoms with Crippen LogP contribution in [0.15, 0.2) is 42.5 Å². The van der Waals surface area contributed by atoms with E-state index in [2.05, 4.69) is 4.74 Å². The summed E-state index contributed by atoms with van der Waals surface area (Å²) in [6.45, 7) is 0. The average molecular weight is 279 g/mol. The molecule has 0 aliphatic carbocycles. The molecule has 0 amide bonds. The highest BCUT2D eigenvalue weighted by Gasteiger charge is 2.31. The fraction of sp³-hybridized carbons (Fsp3) is 0.0714. The Hall–Kier alpha value is -2.68. The number of hydrogen-bond donors (Lipinski definition) is 1. The van der Waals surface area contributed by atoms with Gasteiger partial charge in [0.1, 0.15) is 17.6 Å². The minimum atomic E-state index is -4.76. The summed E-state index contributed by atoms with van der Waals surface area (Å²) in [6.07, 6.45) is -4.76. The molecule has 0 unspecified atom stereocenters. The standard InChI is InChI=1S/C14H8F3NO2/c15-14(16,17)20-12-3-1-2-9(7-12)10-4-5-13(19)11(6-10)8-18/h1-7,19H. The minimum absolute atomic E-state index is 0.0460. The van der Waals surface area contributed by atoms with E-state index in [4.69, 9.17) is 5.26 Å².